The fourth-order valence-corrected chi connectivity index (χ4v) is 1.32. The lowest BCUT2D eigenvalue weighted by atomic mass is 10.5. The van der Waals surface area contributed by atoms with Crippen LogP contribution in [0.4, 0.5) is 5.13 Å². The highest BCUT2D eigenvalue weighted by Gasteiger charge is 2.03. The van der Waals surface area contributed by atoms with Crippen molar-refractivity contribution in [3.05, 3.63) is 10.0 Å². The van der Waals surface area contributed by atoms with Gasteiger partial charge in [0.1, 0.15) is 10.0 Å². The van der Waals surface area contributed by atoms with Crippen LogP contribution in [0.2, 0.25) is 4.34 Å². The Bertz CT molecular complexity index is 259. The Morgan fingerprint density at radius 3 is 2.90 bits per heavy atom. The van der Waals surface area contributed by atoms with E-state index >= 15 is 0 Å². The number of oxime groups is 1. The molecule has 0 amide bonds. The minimum Gasteiger partial charge on any atom is -0.411 e. The van der Waals surface area contributed by atoms with Crippen LogP contribution in [0.1, 0.15) is 5.69 Å². The molecule has 6 heteroatoms. The van der Waals surface area contributed by atoms with Gasteiger partial charge in [0.2, 0.25) is 0 Å². The number of nitrogen functional groups attached to an aromatic ring is 1. The van der Waals surface area contributed by atoms with E-state index in [1.54, 1.807) is 0 Å². The van der Waals surface area contributed by atoms with Crippen molar-refractivity contribution in [3.8, 4) is 0 Å². The van der Waals surface area contributed by atoms with Gasteiger partial charge in [-0.2, -0.15) is 0 Å². The van der Waals surface area contributed by atoms with E-state index < -0.39 is 0 Å². The van der Waals surface area contributed by atoms with Crippen LogP contribution >= 0.6 is 22.9 Å². The molecule has 0 radical (unpaired) electrons. The van der Waals surface area contributed by atoms with Crippen molar-refractivity contribution < 1.29 is 5.21 Å². The first kappa shape index (κ1) is 7.30. The van der Waals surface area contributed by atoms with Crippen molar-refractivity contribution in [3.63, 3.8) is 0 Å². The molecule has 0 bridgehead atoms. The Morgan fingerprint density at radius 2 is 2.50 bits per heavy atom. The molecule has 10 heavy (non-hydrogen) atoms. The van der Waals surface area contributed by atoms with Crippen LogP contribution < -0.4 is 5.73 Å². The van der Waals surface area contributed by atoms with Gasteiger partial charge in [-0.15, -0.1) is 0 Å². The van der Waals surface area contributed by atoms with Gasteiger partial charge in [-0.1, -0.05) is 28.1 Å². The van der Waals surface area contributed by atoms with Gasteiger partial charge >= 0.3 is 0 Å². The number of rotatable bonds is 1. The molecule has 0 spiro atoms. The molecule has 1 aromatic heterocycles. The maximum Gasteiger partial charge on any atom is 0.182 e. The highest BCUT2D eigenvalue weighted by atomic mass is 35.5. The van der Waals surface area contributed by atoms with Crippen LogP contribution in [-0.2, 0) is 0 Å². The zero-order valence-electron chi connectivity index (χ0n) is 4.78. The molecule has 0 aliphatic heterocycles. The van der Waals surface area contributed by atoms with Crippen molar-refractivity contribution in [2.45, 2.75) is 0 Å². The summed E-state index contributed by atoms with van der Waals surface area (Å²) in [5.41, 5.74) is 5.68. The van der Waals surface area contributed by atoms with Gasteiger partial charge < -0.3 is 10.9 Å². The number of hydrogen-bond acceptors (Lipinski definition) is 5. The monoisotopic (exact) mass is 177 g/mol. The summed E-state index contributed by atoms with van der Waals surface area (Å²) in [7, 11) is 0. The number of nitrogens with zero attached hydrogens (tertiary/aromatic N) is 2. The second-order valence-corrected chi connectivity index (χ2v) is 3.09. The third-order valence-corrected chi connectivity index (χ3v) is 1.92. The zero-order chi connectivity index (χ0) is 7.56. The Hall–Kier alpha value is -0.810. The molecule has 0 saturated heterocycles. The largest absolute Gasteiger partial charge is 0.411 e. The highest BCUT2D eigenvalue weighted by Crippen LogP contribution is 2.24. The number of thiazole rings is 1. The lowest BCUT2D eigenvalue weighted by Gasteiger charge is -1.78. The third kappa shape index (κ3) is 1.37. The number of anilines is 1. The molecule has 4 nitrogen and oxygen atoms in total. The highest BCUT2D eigenvalue weighted by molar-refractivity contribution is 7.19. The fourth-order valence-electron chi connectivity index (χ4n) is 0.464. The molecule has 3 N–H and O–H groups in total. The molecule has 1 heterocycles. The summed E-state index contributed by atoms with van der Waals surface area (Å²) in [6.07, 6.45) is 1.13. The van der Waals surface area contributed by atoms with Gasteiger partial charge in [-0.05, 0) is 0 Å². The number of halogens is 1. The number of hydrogen-bond donors (Lipinski definition) is 2. The second-order valence-electron chi connectivity index (χ2n) is 1.46. The second kappa shape index (κ2) is 2.85. The molecule has 0 aliphatic rings. The first-order valence-corrected chi connectivity index (χ1v) is 3.52. The maximum absolute atomic E-state index is 8.09. The number of aromatic nitrogens is 1. The third-order valence-electron chi connectivity index (χ3n) is 0.806. The molecule has 0 unspecified atom stereocenters. The summed E-state index contributed by atoms with van der Waals surface area (Å²) in [6.45, 7) is 0. The van der Waals surface area contributed by atoms with E-state index in [-0.39, 0.29) is 0 Å². The quantitative estimate of drug-likeness (QED) is 0.385. The Morgan fingerprint density at radius 1 is 1.80 bits per heavy atom. The zero-order valence-corrected chi connectivity index (χ0v) is 6.35. The van der Waals surface area contributed by atoms with Gasteiger partial charge in [0.15, 0.2) is 5.13 Å². The molecular formula is C4H4ClN3OS. The Kier molecular flexibility index (Phi) is 2.08. The molecular weight excluding hydrogens is 174 g/mol. The Balaban J connectivity index is 3.03. The van der Waals surface area contributed by atoms with Gasteiger partial charge in [0, 0.05) is 0 Å². The lowest BCUT2D eigenvalue weighted by Crippen LogP contribution is -1.84. The van der Waals surface area contributed by atoms with Crippen LogP contribution in [0, 0.1) is 0 Å². The van der Waals surface area contributed by atoms with Crippen molar-refractivity contribution in [1.29, 1.82) is 0 Å². The van der Waals surface area contributed by atoms with Crippen LogP contribution in [-0.4, -0.2) is 16.4 Å². The standard InChI is InChI=1S/C4H4ClN3OS/c5-3-2(1-7-9)8-4(6)10-3/h1,9H,(H2,6,8). The summed E-state index contributed by atoms with van der Waals surface area (Å²) in [5, 5.41) is 11.2. The molecule has 0 aromatic carbocycles. The SMILES string of the molecule is Nc1nc(C=NO)c(Cl)s1. The number of nitrogens with two attached hydrogens (primary N) is 1. The van der Waals surface area contributed by atoms with E-state index in [1.165, 1.54) is 0 Å². The first-order chi connectivity index (χ1) is 4.74. The average molecular weight is 178 g/mol. The topological polar surface area (TPSA) is 71.5 Å². The summed E-state index contributed by atoms with van der Waals surface area (Å²) >= 11 is 6.74. The Labute approximate surface area is 65.9 Å². The van der Waals surface area contributed by atoms with Crippen LogP contribution in [0.5, 0.6) is 0 Å². The first-order valence-electron chi connectivity index (χ1n) is 2.33. The molecule has 0 fully saturated rings. The fraction of sp³-hybridized carbons (Fsp3) is 0. The lowest BCUT2D eigenvalue weighted by molar-refractivity contribution is 0.321. The van der Waals surface area contributed by atoms with Crippen molar-refractivity contribution in [2.24, 2.45) is 5.16 Å². The minimum absolute atomic E-state index is 0.361. The smallest absolute Gasteiger partial charge is 0.182 e. The summed E-state index contributed by atoms with van der Waals surface area (Å²) in [6, 6.07) is 0. The van der Waals surface area contributed by atoms with E-state index in [2.05, 4.69) is 10.1 Å². The maximum atomic E-state index is 8.09. The predicted molar refractivity (Wildman–Crippen MR) is 40.9 cm³/mol. The van der Waals surface area contributed by atoms with E-state index in [9.17, 15) is 0 Å². The van der Waals surface area contributed by atoms with E-state index in [0.717, 1.165) is 17.6 Å². The average Bonchev–Trinajstić information content (AvgIpc) is 2.13. The van der Waals surface area contributed by atoms with Crippen molar-refractivity contribution in [2.75, 3.05) is 5.73 Å². The van der Waals surface area contributed by atoms with Crippen LogP contribution in [0.3, 0.4) is 0 Å². The minimum atomic E-state index is 0.361. The molecule has 0 saturated carbocycles. The van der Waals surface area contributed by atoms with Gasteiger partial charge in [-0.25, -0.2) is 4.98 Å². The van der Waals surface area contributed by atoms with E-state index in [1.807, 2.05) is 0 Å². The van der Waals surface area contributed by atoms with Gasteiger partial charge in [0.25, 0.3) is 0 Å². The van der Waals surface area contributed by atoms with Gasteiger partial charge in [0.05, 0.1) is 6.21 Å². The van der Waals surface area contributed by atoms with E-state index in [0.29, 0.717) is 15.2 Å². The summed E-state index contributed by atoms with van der Waals surface area (Å²) in [4.78, 5) is 3.76. The molecule has 54 valence electrons. The van der Waals surface area contributed by atoms with E-state index in [4.69, 9.17) is 22.5 Å². The van der Waals surface area contributed by atoms with Crippen LogP contribution in [0.15, 0.2) is 5.16 Å². The molecule has 1 rings (SSSR count). The molecule has 0 aliphatic carbocycles. The van der Waals surface area contributed by atoms with Crippen molar-refractivity contribution >= 4 is 34.3 Å². The van der Waals surface area contributed by atoms with Crippen molar-refractivity contribution in [1.82, 2.24) is 4.98 Å². The molecule has 1 aromatic rings. The van der Waals surface area contributed by atoms with Gasteiger partial charge in [-0.3, -0.25) is 0 Å². The summed E-state index contributed by atoms with van der Waals surface area (Å²) < 4.78 is 0.426. The summed E-state index contributed by atoms with van der Waals surface area (Å²) in [5.74, 6) is 0. The molecule has 0 atom stereocenters. The normalized spacial score (nSPS) is 10.9. The predicted octanol–water partition coefficient (Wildman–Crippen LogP) is 1.19. The van der Waals surface area contributed by atoms with Crippen LogP contribution in [0.25, 0.3) is 0 Å².